The molecule has 1 aliphatic heterocycles. The van der Waals surface area contributed by atoms with Crippen LogP contribution in [0.1, 0.15) is 25.8 Å². The van der Waals surface area contributed by atoms with E-state index in [4.69, 9.17) is 4.84 Å². The summed E-state index contributed by atoms with van der Waals surface area (Å²) in [4.78, 5) is 19.0. The Kier molecular flexibility index (Phi) is 4.14. The highest BCUT2D eigenvalue weighted by molar-refractivity contribution is 6.04. The lowest BCUT2D eigenvalue weighted by Crippen LogP contribution is -2.39. The molecule has 1 atom stereocenters. The van der Waals surface area contributed by atoms with Crippen LogP contribution in [-0.4, -0.2) is 35.7 Å². The molecule has 0 spiro atoms. The van der Waals surface area contributed by atoms with Crippen molar-refractivity contribution in [3.8, 4) is 0 Å². The molecule has 4 nitrogen and oxygen atoms in total. The van der Waals surface area contributed by atoms with Gasteiger partial charge in [0.05, 0.1) is 5.71 Å². The van der Waals surface area contributed by atoms with Gasteiger partial charge in [-0.1, -0.05) is 17.3 Å². The topological polar surface area (TPSA) is 41.9 Å². The molecule has 102 valence electrons. The third-order valence-corrected chi connectivity index (χ3v) is 3.20. The summed E-state index contributed by atoms with van der Waals surface area (Å²) in [5.74, 6) is -0.343. The van der Waals surface area contributed by atoms with E-state index < -0.39 is 6.10 Å². The molecule has 1 aliphatic rings. The quantitative estimate of drug-likeness (QED) is 0.836. The Hall–Kier alpha value is -1.91. The second-order valence-electron chi connectivity index (χ2n) is 4.35. The van der Waals surface area contributed by atoms with Crippen LogP contribution in [0.2, 0.25) is 0 Å². The summed E-state index contributed by atoms with van der Waals surface area (Å²) in [6.07, 6.45) is -0.124. The lowest BCUT2D eigenvalue weighted by Gasteiger charge is -2.20. The van der Waals surface area contributed by atoms with Gasteiger partial charge >= 0.3 is 0 Å². The van der Waals surface area contributed by atoms with Crippen LogP contribution in [0.4, 0.5) is 4.39 Å². The Morgan fingerprint density at radius 1 is 1.37 bits per heavy atom. The first-order valence-corrected chi connectivity index (χ1v) is 6.43. The van der Waals surface area contributed by atoms with Gasteiger partial charge in [-0.05, 0) is 31.5 Å². The molecule has 0 fully saturated rings. The molecular formula is C14H17FN2O2. The van der Waals surface area contributed by atoms with E-state index in [9.17, 15) is 9.18 Å². The summed E-state index contributed by atoms with van der Waals surface area (Å²) in [7, 11) is 0. The van der Waals surface area contributed by atoms with Gasteiger partial charge in [0, 0.05) is 19.5 Å². The molecule has 0 aliphatic carbocycles. The minimum atomic E-state index is -0.556. The third-order valence-electron chi connectivity index (χ3n) is 3.20. The highest BCUT2D eigenvalue weighted by atomic mass is 19.1. The van der Waals surface area contributed by atoms with E-state index in [1.165, 1.54) is 12.1 Å². The number of oxime groups is 1. The molecule has 1 aromatic carbocycles. The number of nitrogens with zero attached hydrogens (tertiary/aromatic N) is 2. The van der Waals surface area contributed by atoms with E-state index in [1.807, 2.05) is 13.8 Å². The van der Waals surface area contributed by atoms with Gasteiger partial charge in [-0.2, -0.15) is 0 Å². The average Bonchev–Trinajstić information content (AvgIpc) is 2.90. The lowest BCUT2D eigenvalue weighted by molar-refractivity contribution is -0.141. The summed E-state index contributed by atoms with van der Waals surface area (Å²) >= 11 is 0. The van der Waals surface area contributed by atoms with Crippen molar-refractivity contribution in [2.45, 2.75) is 26.4 Å². The molecular weight excluding hydrogens is 247 g/mol. The van der Waals surface area contributed by atoms with Gasteiger partial charge in [0.15, 0.2) is 0 Å². The zero-order valence-corrected chi connectivity index (χ0v) is 11.1. The lowest BCUT2D eigenvalue weighted by atomic mass is 10.0. The van der Waals surface area contributed by atoms with Crippen LogP contribution in [0.25, 0.3) is 0 Å². The van der Waals surface area contributed by atoms with Gasteiger partial charge < -0.3 is 9.74 Å². The molecule has 0 saturated carbocycles. The Morgan fingerprint density at radius 2 is 2.00 bits per heavy atom. The summed E-state index contributed by atoms with van der Waals surface area (Å²) in [5, 5.41) is 3.94. The molecule has 1 aromatic rings. The highest BCUT2D eigenvalue weighted by Crippen LogP contribution is 2.18. The van der Waals surface area contributed by atoms with E-state index in [0.29, 0.717) is 25.2 Å². The number of amides is 1. The van der Waals surface area contributed by atoms with Crippen molar-refractivity contribution >= 4 is 11.6 Å². The van der Waals surface area contributed by atoms with E-state index in [-0.39, 0.29) is 11.7 Å². The molecule has 0 N–H and O–H groups in total. The van der Waals surface area contributed by atoms with Gasteiger partial charge in [-0.25, -0.2) is 4.39 Å². The van der Waals surface area contributed by atoms with Crippen molar-refractivity contribution in [1.29, 1.82) is 0 Å². The second-order valence-corrected chi connectivity index (χ2v) is 4.35. The number of benzene rings is 1. The number of hydrogen-bond acceptors (Lipinski definition) is 3. The standard InChI is InChI=1S/C14H17FN2O2/c1-3-17(4-2)14(18)13-9-12(16-19-13)10-5-7-11(15)8-6-10/h5-8,13H,3-4,9H2,1-2H3. The van der Waals surface area contributed by atoms with Crippen molar-refractivity contribution in [3.05, 3.63) is 35.6 Å². The molecule has 0 saturated heterocycles. The highest BCUT2D eigenvalue weighted by Gasteiger charge is 2.31. The van der Waals surface area contributed by atoms with Gasteiger partial charge in [0.25, 0.3) is 5.91 Å². The number of likely N-dealkylation sites (N-methyl/N-ethyl adjacent to an activating group) is 1. The SMILES string of the molecule is CCN(CC)C(=O)C1CC(c2ccc(F)cc2)=NO1. The minimum absolute atomic E-state index is 0.0501. The smallest absolute Gasteiger partial charge is 0.266 e. The van der Waals surface area contributed by atoms with Crippen molar-refractivity contribution in [2.75, 3.05) is 13.1 Å². The summed E-state index contributed by atoms with van der Waals surface area (Å²) < 4.78 is 12.8. The molecule has 1 unspecified atom stereocenters. The molecule has 1 amide bonds. The molecule has 0 radical (unpaired) electrons. The van der Waals surface area contributed by atoms with E-state index in [1.54, 1.807) is 17.0 Å². The Bertz CT molecular complexity index is 481. The first kappa shape index (κ1) is 13.5. The average molecular weight is 264 g/mol. The van der Waals surface area contributed by atoms with Crippen LogP contribution in [0.3, 0.4) is 0 Å². The normalized spacial score (nSPS) is 17.8. The van der Waals surface area contributed by atoms with Gasteiger partial charge in [0.1, 0.15) is 5.82 Å². The van der Waals surface area contributed by atoms with Crippen LogP contribution in [0.5, 0.6) is 0 Å². The van der Waals surface area contributed by atoms with Crippen LogP contribution in [-0.2, 0) is 9.63 Å². The fourth-order valence-electron chi connectivity index (χ4n) is 2.06. The molecule has 5 heteroatoms. The maximum absolute atomic E-state index is 12.8. The van der Waals surface area contributed by atoms with E-state index in [0.717, 1.165) is 5.56 Å². The summed E-state index contributed by atoms with van der Waals surface area (Å²) in [6, 6.07) is 6.03. The number of carbonyl (C=O) groups is 1. The number of carbonyl (C=O) groups excluding carboxylic acids is 1. The largest absolute Gasteiger partial charge is 0.382 e. The third kappa shape index (κ3) is 2.92. The minimum Gasteiger partial charge on any atom is -0.382 e. The molecule has 2 rings (SSSR count). The maximum Gasteiger partial charge on any atom is 0.266 e. The molecule has 1 heterocycles. The first-order valence-electron chi connectivity index (χ1n) is 6.43. The Morgan fingerprint density at radius 3 is 2.58 bits per heavy atom. The number of halogens is 1. The molecule has 0 aromatic heterocycles. The monoisotopic (exact) mass is 264 g/mol. The van der Waals surface area contributed by atoms with Crippen molar-refractivity contribution in [3.63, 3.8) is 0 Å². The van der Waals surface area contributed by atoms with Gasteiger partial charge in [0.2, 0.25) is 6.10 Å². The summed E-state index contributed by atoms with van der Waals surface area (Å²) in [5.41, 5.74) is 1.47. The molecule has 19 heavy (non-hydrogen) atoms. The fourth-order valence-corrected chi connectivity index (χ4v) is 2.06. The zero-order valence-electron chi connectivity index (χ0n) is 11.1. The van der Waals surface area contributed by atoms with Crippen molar-refractivity contribution in [1.82, 2.24) is 4.90 Å². The van der Waals surface area contributed by atoms with Crippen LogP contribution >= 0.6 is 0 Å². The zero-order chi connectivity index (χ0) is 13.8. The Labute approximate surface area is 111 Å². The maximum atomic E-state index is 12.8. The van der Waals surface area contributed by atoms with Crippen LogP contribution < -0.4 is 0 Å². The van der Waals surface area contributed by atoms with Crippen molar-refractivity contribution < 1.29 is 14.0 Å². The number of rotatable bonds is 4. The first-order chi connectivity index (χ1) is 9.15. The van der Waals surface area contributed by atoms with Crippen LogP contribution in [0, 0.1) is 5.82 Å². The predicted molar refractivity (Wildman–Crippen MR) is 70.4 cm³/mol. The van der Waals surface area contributed by atoms with Gasteiger partial charge in [-0.15, -0.1) is 0 Å². The van der Waals surface area contributed by atoms with Gasteiger partial charge in [-0.3, -0.25) is 4.79 Å². The number of hydrogen-bond donors (Lipinski definition) is 0. The second kappa shape index (κ2) is 5.82. The Balaban J connectivity index is 2.03. The fraction of sp³-hybridized carbons (Fsp3) is 0.429. The van der Waals surface area contributed by atoms with Crippen molar-refractivity contribution in [2.24, 2.45) is 5.16 Å². The predicted octanol–water partition coefficient (Wildman–Crippen LogP) is 2.19. The molecule has 0 bridgehead atoms. The summed E-state index contributed by atoms with van der Waals surface area (Å²) in [6.45, 7) is 5.17. The van der Waals surface area contributed by atoms with E-state index in [2.05, 4.69) is 5.16 Å². The van der Waals surface area contributed by atoms with Crippen LogP contribution in [0.15, 0.2) is 29.4 Å². The van der Waals surface area contributed by atoms with E-state index >= 15 is 0 Å².